The molecule has 2 amide bonds. The summed E-state index contributed by atoms with van der Waals surface area (Å²) in [4.78, 5) is 15.5. The Hall–Kier alpha value is -1.96. The number of carbonyl (C=O) groups excluding carboxylic acids is 1. The van der Waals surface area contributed by atoms with Crippen molar-refractivity contribution in [2.75, 3.05) is 37.0 Å². The number of amides is 2. The molecule has 1 aromatic carbocycles. The van der Waals surface area contributed by atoms with Gasteiger partial charge >= 0.3 is 12.2 Å². The van der Waals surface area contributed by atoms with Crippen LogP contribution in [-0.4, -0.2) is 48.8 Å². The van der Waals surface area contributed by atoms with Crippen molar-refractivity contribution in [3.8, 4) is 0 Å². The van der Waals surface area contributed by atoms with Gasteiger partial charge in [0, 0.05) is 20.1 Å². The highest BCUT2D eigenvalue weighted by Crippen LogP contribution is 2.36. The largest absolute Gasteiger partial charge is 0.416 e. The van der Waals surface area contributed by atoms with Gasteiger partial charge in [-0.15, -0.1) is 0 Å². The van der Waals surface area contributed by atoms with E-state index in [4.69, 9.17) is 5.11 Å². The highest BCUT2D eigenvalue weighted by molar-refractivity contribution is 5.93. The van der Waals surface area contributed by atoms with Crippen LogP contribution in [0.5, 0.6) is 0 Å². The Bertz CT molecular complexity index is 586. The number of benzene rings is 1. The number of aliphatic hydroxyl groups excluding tert-OH is 1. The van der Waals surface area contributed by atoms with Crippen molar-refractivity contribution in [2.24, 2.45) is 0 Å². The van der Waals surface area contributed by atoms with E-state index in [1.807, 2.05) is 4.90 Å². The fourth-order valence-electron chi connectivity index (χ4n) is 2.57. The minimum absolute atomic E-state index is 0.133. The van der Waals surface area contributed by atoms with Crippen LogP contribution in [0.15, 0.2) is 18.2 Å². The summed E-state index contributed by atoms with van der Waals surface area (Å²) < 4.78 is 39.0. The predicted molar refractivity (Wildman–Crippen MR) is 86.2 cm³/mol. The number of nitrogens with one attached hydrogen (secondary N) is 1. The monoisotopic (exact) mass is 345 g/mol. The Morgan fingerprint density at radius 1 is 1.38 bits per heavy atom. The summed E-state index contributed by atoms with van der Waals surface area (Å²) in [5.41, 5.74) is -0.0915. The highest BCUT2D eigenvalue weighted by atomic mass is 19.4. The minimum atomic E-state index is -4.48. The Morgan fingerprint density at radius 2 is 2.00 bits per heavy atom. The summed E-state index contributed by atoms with van der Waals surface area (Å²) in [5, 5.41) is 11.7. The van der Waals surface area contributed by atoms with Crippen LogP contribution >= 0.6 is 0 Å². The van der Waals surface area contributed by atoms with E-state index in [2.05, 4.69) is 5.32 Å². The van der Waals surface area contributed by atoms with Crippen molar-refractivity contribution < 1.29 is 23.1 Å². The van der Waals surface area contributed by atoms with Gasteiger partial charge in [-0.3, -0.25) is 0 Å². The molecule has 0 radical (unpaired) electrons. The molecule has 0 bridgehead atoms. The number of hydrogen-bond acceptors (Lipinski definition) is 3. The first kappa shape index (κ1) is 18.4. The van der Waals surface area contributed by atoms with Crippen molar-refractivity contribution in [3.63, 3.8) is 0 Å². The Balaban J connectivity index is 2.31. The van der Waals surface area contributed by atoms with Crippen molar-refractivity contribution in [2.45, 2.75) is 32.0 Å². The second-order valence-electron chi connectivity index (χ2n) is 6.00. The van der Waals surface area contributed by atoms with Crippen LogP contribution < -0.4 is 10.2 Å². The maximum atomic E-state index is 13.0. The smallest absolute Gasteiger partial charge is 0.394 e. The van der Waals surface area contributed by atoms with Crippen molar-refractivity contribution >= 4 is 17.4 Å². The lowest BCUT2D eigenvalue weighted by molar-refractivity contribution is -0.137. The lowest BCUT2D eigenvalue weighted by Gasteiger charge is -2.27. The van der Waals surface area contributed by atoms with E-state index in [1.54, 1.807) is 6.92 Å². The molecule has 0 aliphatic carbocycles. The van der Waals surface area contributed by atoms with Crippen LogP contribution in [0.3, 0.4) is 0 Å². The van der Waals surface area contributed by atoms with Crippen molar-refractivity contribution in [1.82, 2.24) is 4.90 Å². The van der Waals surface area contributed by atoms with Gasteiger partial charge in [-0.1, -0.05) is 0 Å². The average molecular weight is 345 g/mol. The molecule has 1 fully saturated rings. The van der Waals surface area contributed by atoms with Crippen molar-refractivity contribution in [3.05, 3.63) is 23.8 Å². The van der Waals surface area contributed by atoms with Crippen LogP contribution in [-0.2, 0) is 6.18 Å². The normalized spacial score (nSPS) is 16.2. The molecule has 1 heterocycles. The molecule has 2 rings (SSSR count). The first-order valence-corrected chi connectivity index (χ1v) is 7.85. The molecule has 1 aliphatic rings. The molecular formula is C16H22F3N3O2. The SMILES string of the molecule is C[C@H](CO)N(C)C(=O)Nc1cc(C(F)(F)F)ccc1N1CCCC1. The number of hydrogen-bond donors (Lipinski definition) is 2. The third kappa shape index (κ3) is 4.11. The zero-order chi connectivity index (χ0) is 17.9. The average Bonchev–Trinajstić information content (AvgIpc) is 3.06. The topological polar surface area (TPSA) is 55.8 Å². The van der Waals surface area contributed by atoms with Gasteiger partial charge in [0.05, 0.1) is 29.6 Å². The molecule has 2 N–H and O–H groups in total. The van der Waals surface area contributed by atoms with Gasteiger partial charge < -0.3 is 20.2 Å². The van der Waals surface area contributed by atoms with Gasteiger partial charge in [0.2, 0.25) is 0 Å². The zero-order valence-electron chi connectivity index (χ0n) is 13.7. The number of aliphatic hydroxyl groups is 1. The van der Waals surface area contributed by atoms with E-state index in [0.29, 0.717) is 5.69 Å². The van der Waals surface area contributed by atoms with E-state index in [9.17, 15) is 18.0 Å². The summed E-state index contributed by atoms with van der Waals surface area (Å²) >= 11 is 0. The molecule has 1 saturated heterocycles. The molecule has 5 nitrogen and oxygen atoms in total. The van der Waals surface area contributed by atoms with Gasteiger partial charge in [-0.2, -0.15) is 13.2 Å². The minimum Gasteiger partial charge on any atom is -0.394 e. The van der Waals surface area contributed by atoms with E-state index in [1.165, 1.54) is 18.0 Å². The molecule has 0 spiro atoms. The number of halogens is 3. The molecular weight excluding hydrogens is 323 g/mol. The van der Waals surface area contributed by atoms with Gasteiger partial charge in [-0.25, -0.2) is 4.79 Å². The second-order valence-corrected chi connectivity index (χ2v) is 6.00. The van der Waals surface area contributed by atoms with Crippen LogP contribution in [0.1, 0.15) is 25.3 Å². The predicted octanol–water partition coefficient (Wildman–Crippen LogP) is 3.15. The number of nitrogens with zero attached hydrogens (tertiary/aromatic N) is 2. The van der Waals surface area contributed by atoms with Crippen LogP contribution in [0, 0.1) is 0 Å². The Kier molecular flexibility index (Phi) is 5.58. The number of likely N-dealkylation sites (N-methyl/N-ethyl adjacent to an activating group) is 1. The fraction of sp³-hybridized carbons (Fsp3) is 0.562. The fourth-order valence-corrected chi connectivity index (χ4v) is 2.57. The maximum absolute atomic E-state index is 13.0. The molecule has 0 unspecified atom stereocenters. The summed E-state index contributed by atoms with van der Waals surface area (Å²) in [6, 6.07) is 2.40. The molecule has 134 valence electrons. The third-order valence-electron chi connectivity index (χ3n) is 4.26. The molecule has 0 saturated carbocycles. The van der Waals surface area contributed by atoms with Gasteiger partial charge in [0.25, 0.3) is 0 Å². The lowest BCUT2D eigenvalue weighted by Crippen LogP contribution is -2.40. The van der Waals surface area contributed by atoms with Crippen LogP contribution in [0.2, 0.25) is 0 Å². The number of alkyl halides is 3. The van der Waals surface area contributed by atoms with E-state index < -0.39 is 23.8 Å². The molecule has 1 atom stereocenters. The quantitative estimate of drug-likeness (QED) is 0.881. The van der Waals surface area contributed by atoms with Gasteiger partial charge in [0.1, 0.15) is 0 Å². The summed E-state index contributed by atoms with van der Waals surface area (Å²) in [6.07, 6.45) is -2.54. The van der Waals surface area contributed by atoms with Crippen LogP contribution in [0.4, 0.5) is 29.3 Å². The first-order chi connectivity index (χ1) is 11.2. The number of urea groups is 1. The molecule has 8 heteroatoms. The zero-order valence-corrected chi connectivity index (χ0v) is 13.7. The lowest BCUT2D eigenvalue weighted by atomic mass is 10.1. The Labute approximate surface area is 139 Å². The Morgan fingerprint density at radius 3 is 2.54 bits per heavy atom. The number of anilines is 2. The first-order valence-electron chi connectivity index (χ1n) is 7.85. The summed E-state index contributed by atoms with van der Waals surface area (Å²) in [7, 11) is 1.49. The molecule has 0 aromatic heterocycles. The van der Waals surface area contributed by atoms with Gasteiger partial charge in [-0.05, 0) is 38.0 Å². The van der Waals surface area contributed by atoms with Crippen molar-refractivity contribution in [1.29, 1.82) is 0 Å². The summed E-state index contributed by atoms with van der Waals surface area (Å²) in [6.45, 7) is 2.91. The molecule has 1 aliphatic heterocycles. The molecule has 1 aromatic rings. The standard InChI is InChI=1S/C16H22F3N3O2/c1-11(10-23)21(2)15(24)20-13-9-12(16(17,18)19)5-6-14(13)22-7-3-4-8-22/h5-6,9,11,23H,3-4,7-8,10H2,1-2H3,(H,20,24)/t11-/m1/s1. The van der Waals surface area contributed by atoms with E-state index in [0.717, 1.165) is 38.1 Å². The van der Waals surface area contributed by atoms with Crippen LogP contribution in [0.25, 0.3) is 0 Å². The van der Waals surface area contributed by atoms with E-state index in [-0.39, 0.29) is 12.3 Å². The third-order valence-corrected chi connectivity index (χ3v) is 4.26. The highest BCUT2D eigenvalue weighted by Gasteiger charge is 2.32. The van der Waals surface area contributed by atoms with Gasteiger partial charge in [0.15, 0.2) is 0 Å². The maximum Gasteiger partial charge on any atom is 0.416 e. The number of rotatable bonds is 4. The summed E-state index contributed by atoms with van der Waals surface area (Å²) in [5.74, 6) is 0. The second kappa shape index (κ2) is 7.29. The number of carbonyl (C=O) groups is 1. The molecule has 24 heavy (non-hydrogen) atoms. The van der Waals surface area contributed by atoms with E-state index >= 15 is 0 Å².